The SMILES string of the molecule is CC(=O)Nc1cccc2nc3c(nc12)CCCC3. The Labute approximate surface area is 105 Å². The van der Waals surface area contributed by atoms with Gasteiger partial charge in [-0.2, -0.15) is 0 Å². The van der Waals surface area contributed by atoms with Crippen molar-refractivity contribution in [1.29, 1.82) is 0 Å². The summed E-state index contributed by atoms with van der Waals surface area (Å²) in [5, 5.41) is 2.81. The average molecular weight is 241 g/mol. The molecule has 3 rings (SSSR count). The summed E-state index contributed by atoms with van der Waals surface area (Å²) in [5.41, 5.74) is 4.62. The number of carbonyl (C=O) groups excluding carboxylic acids is 1. The zero-order valence-corrected chi connectivity index (χ0v) is 10.4. The van der Waals surface area contributed by atoms with Crippen LogP contribution in [0.3, 0.4) is 0 Å². The molecule has 1 aromatic heterocycles. The van der Waals surface area contributed by atoms with Gasteiger partial charge in [0.2, 0.25) is 5.91 Å². The van der Waals surface area contributed by atoms with Gasteiger partial charge in [-0.15, -0.1) is 0 Å². The van der Waals surface area contributed by atoms with Crippen LogP contribution in [0.15, 0.2) is 18.2 Å². The number of carbonyl (C=O) groups is 1. The Hall–Kier alpha value is -1.97. The second-order valence-electron chi connectivity index (χ2n) is 4.68. The van der Waals surface area contributed by atoms with Crippen LogP contribution in [-0.2, 0) is 17.6 Å². The van der Waals surface area contributed by atoms with Crippen molar-refractivity contribution in [3.05, 3.63) is 29.6 Å². The van der Waals surface area contributed by atoms with Crippen LogP contribution in [0.25, 0.3) is 11.0 Å². The number of amides is 1. The lowest BCUT2D eigenvalue weighted by Gasteiger charge is -2.15. The number of hydrogen-bond acceptors (Lipinski definition) is 3. The van der Waals surface area contributed by atoms with Gasteiger partial charge in [-0.25, -0.2) is 9.97 Å². The number of anilines is 1. The lowest BCUT2D eigenvalue weighted by atomic mass is 10.00. The summed E-state index contributed by atoms with van der Waals surface area (Å²) in [5.74, 6) is -0.0815. The fourth-order valence-electron chi connectivity index (χ4n) is 2.42. The Morgan fingerprint density at radius 3 is 2.61 bits per heavy atom. The molecule has 1 aliphatic carbocycles. The minimum atomic E-state index is -0.0815. The highest BCUT2D eigenvalue weighted by atomic mass is 16.1. The molecule has 1 N–H and O–H groups in total. The number of nitrogens with one attached hydrogen (secondary N) is 1. The highest BCUT2D eigenvalue weighted by molar-refractivity contribution is 5.98. The molecular weight excluding hydrogens is 226 g/mol. The smallest absolute Gasteiger partial charge is 0.221 e. The fourth-order valence-corrected chi connectivity index (χ4v) is 2.42. The molecule has 0 saturated heterocycles. The van der Waals surface area contributed by atoms with Crippen LogP contribution in [0.2, 0.25) is 0 Å². The lowest BCUT2D eigenvalue weighted by Crippen LogP contribution is -2.11. The molecule has 0 atom stereocenters. The Morgan fingerprint density at radius 1 is 1.17 bits per heavy atom. The summed E-state index contributed by atoms with van der Waals surface area (Å²) in [6, 6.07) is 5.72. The highest BCUT2D eigenvalue weighted by Crippen LogP contribution is 2.25. The van der Waals surface area contributed by atoms with Crippen LogP contribution in [0.4, 0.5) is 5.69 Å². The molecule has 4 heteroatoms. The van der Waals surface area contributed by atoms with E-state index < -0.39 is 0 Å². The number of fused-ring (bicyclic) bond motifs is 2. The van der Waals surface area contributed by atoms with Crippen LogP contribution < -0.4 is 5.32 Å². The van der Waals surface area contributed by atoms with Crippen molar-refractivity contribution in [3.8, 4) is 0 Å². The van der Waals surface area contributed by atoms with E-state index in [2.05, 4.69) is 10.3 Å². The van der Waals surface area contributed by atoms with E-state index in [9.17, 15) is 4.79 Å². The van der Waals surface area contributed by atoms with Gasteiger partial charge in [-0.05, 0) is 37.8 Å². The molecule has 0 saturated carbocycles. The molecule has 0 fully saturated rings. The van der Waals surface area contributed by atoms with E-state index in [4.69, 9.17) is 4.98 Å². The molecule has 18 heavy (non-hydrogen) atoms. The normalized spacial score (nSPS) is 14.3. The topological polar surface area (TPSA) is 54.9 Å². The summed E-state index contributed by atoms with van der Waals surface area (Å²) in [7, 11) is 0. The highest BCUT2D eigenvalue weighted by Gasteiger charge is 2.14. The van der Waals surface area contributed by atoms with Crippen molar-refractivity contribution in [2.24, 2.45) is 0 Å². The Morgan fingerprint density at radius 2 is 1.89 bits per heavy atom. The van der Waals surface area contributed by atoms with Crippen molar-refractivity contribution < 1.29 is 4.79 Å². The molecule has 92 valence electrons. The minimum absolute atomic E-state index is 0.0815. The summed E-state index contributed by atoms with van der Waals surface area (Å²) < 4.78 is 0. The van der Waals surface area contributed by atoms with Crippen molar-refractivity contribution in [1.82, 2.24) is 9.97 Å². The summed E-state index contributed by atoms with van der Waals surface area (Å²) in [6.07, 6.45) is 4.38. The number of aromatic nitrogens is 2. The van der Waals surface area contributed by atoms with E-state index >= 15 is 0 Å². The number of benzene rings is 1. The predicted octanol–water partition coefficient (Wildman–Crippen LogP) is 2.47. The lowest BCUT2D eigenvalue weighted by molar-refractivity contribution is -0.114. The summed E-state index contributed by atoms with van der Waals surface area (Å²) in [6.45, 7) is 1.50. The van der Waals surface area contributed by atoms with E-state index in [1.807, 2.05) is 18.2 Å². The van der Waals surface area contributed by atoms with Gasteiger partial charge < -0.3 is 5.32 Å². The predicted molar refractivity (Wildman–Crippen MR) is 70.5 cm³/mol. The third kappa shape index (κ3) is 1.94. The van der Waals surface area contributed by atoms with E-state index in [1.54, 1.807) is 0 Å². The Kier molecular flexibility index (Phi) is 2.70. The zero-order valence-electron chi connectivity index (χ0n) is 10.4. The largest absolute Gasteiger partial charge is 0.324 e. The molecule has 2 aromatic rings. The zero-order chi connectivity index (χ0) is 12.5. The molecule has 0 unspecified atom stereocenters. The molecule has 0 spiro atoms. The van der Waals surface area contributed by atoms with Gasteiger partial charge in [0.05, 0.1) is 22.6 Å². The maximum Gasteiger partial charge on any atom is 0.221 e. The summed E-state index contributed by atoms with van der Waals surface area (Å²) in [4.78, 5) is 20.5. The monoisotopic (exact) mass is 241 g/mol. The Balaban J connectivity index is 2.17. The molecule has 1 heterocycles. The van der Waals surface area contributed by atoms with E-state index in [0.717, 1.165) is 41.0 Å². The van der Waals surface area contributed by atoms with Gasteiger partial charge in [-0.1, -0.05) is 6.07 Å². The number of para-hydroxylation sites is 1. The molecule has 1 amide bonds. The van der Waals surface area contributed by atoms with Gasteiger partial charge in [0.1, 0.15) is 5.52 Å². The first kappa shape index (κ1) is 11.1. The third-order valence-electron chi connectivity index (χ3n) is 3.24. The first-order valence-corrected chi connectivity index (χ1v) is 6.30. The van der Waals surface area contributed by atoms with Crippen LogP contribution in [0.1, 0.15) is 31.2 Å². The fraction of sp³-hybridized carbons (Fsp3) is 0.357. The number of hydrogen-bond donors (Lipinski definition) is 1. The molecule has 0 aliphatic heterocycles. The molecular formula is C14H15N3O. The maximum absolute atomic E-state index is 11.2. The van der Waals surface area contributed by atoms with Gasteiger partial charge in [0, 0.05) is 6.92 Å². The van der Waals surface area contributed by atoms with Crippen molar-refractivity contribution >= 4 is 22.6 Å². The van der Waals surface area contributed by atoms with E-state index in [-0.39, 0.29) is 5.91 Å². The van der Waals surface area contributed by atoms with Gasteiger partial charge >= 0.3 is 0 Å². The van der Waals surface area contributed by atoms with Gasteiger partial charge in [-0.3, -0.25) is 4.79 Å². The standard InChI is InChI=1S/C14H15N3O/c1-9(18)15-12-7-4-8-13-14(12)17-11-6-3-2-5-10(11)16-13/h4,7-8H,2-3,5-6H2,1H3,(H,15,18). The van der Waals surface area contributed by atoms with Crippen molar-refractivity contribution in [3.63, 3.8) is 0 Å². The van der Waals surface area contributed by atoms with Crippen LogP contribution in [0.5, 0.6) is 0 Å². The maximum atomic E-state index is 11.2. The number of rotatable bonds is 1. The third-order valence-corrected chi connectivity index (χ3v) is 3.24. The quantitative estimate of drug-likeness (QED) is 0.834. The molecule has 0 radical (unpaired) electrons. The van der Waals surface area contributed by atoms with E-state index in [1.165, 1.54) is 19.8 Å². The van der Waals surface area contributed by atoms with Crippen molar-refractivity contribution in [2.45, 2.75) is 32.6 Å². The Bertz CT molecular complexity index is 622. The number of aryl methyl sites for hydroxylation is 2. The van der Waals surface area contributed by atoms with Crippen LogP contribution >= 0.6 is 0 Å². The first-order valence-electron chi connectivity index (χ1n) is 6.30. The van der Waals surface area contributed by atoms with Crippen molar-refractivity contribution in [2.75, 3.05) is 5.32 Å². The molecule has 1 aromatic carbocycles. The van der Waals surface area contributed by atoms with Crippen LogP contribution in [-0.4, -0.2) is 15.9 Å². The second kappa shape index (κ2) is 4.37. The van der Waals surface area contributed by atoms with Crippen LogP contribution in [0, 0.1) is 0 Å². The second-order valence-corrected chi connectivity index (χ2v) is 4.68. The first-order chi connectivity index (χ1) is 8.74. The molecule has 4 nitrogen and oxygen atoms in total. The molecule has 1 aliphatic rings. The molecule has 0 bridgehead atoms. The summed E-state index contributed by atoms with van der Waals surface area (Å²) >= 11 is 0. The van der Waals surface area contributed by atoms with Gasteiger partial charge in [0.15, 0.2) is 0 Å². The number of nitrogens with zero attached hydrogens (tertiary/aromatic N) is 2. The average Bonchev–Trinajstić information content (AvgIpc) is 2.36. The minimum Gasteiger partial charge on any atom is -0.324 e. The van der Waals surface area contributed by atoms with Gasteiger partial charge in [0.25, 0.3) is 0 Å². The van der Waals surface area contributed by atoms with E-state index in [0.29, 0.717) is 0 Å².